The minimum atomic E-state index is -3.73. The molecule has 0 radical (unpaired) electrons. The van der Waals surface area contributed by atoms with Gasteiger partial charge in [-0.2, -0.15) is 0 Å². The van der Waals surface area contributed by atoms with Crippen molar-refractivity contribution >= 4 is 31.9 Å². The molecule has 0 unspecified atom stereocenters. The predicted octanol–water partition coefficient (Wildman–Crippen LogP) is 2.21. The zero-order valence-corrected chi connectivity index (χ0v) is 13.3. The second-order valence-corrected chi connectivity index (χ2v) is 6.47. The minimum Gasteiger partial charge on any atom is -0.466 e. The molecule has 0 amide bonds. The summed E-state index contributed by atoms with van der Waals surface area (Å²) in [5, 5.41) is 0. The van der Waals surface area contributed by atoms with Gasteiger partial charge in [0.2, 0.25) is 10.0 Å². The van der Waals surface area contributed by atoms with E-state index in [1.54, 1.807) is 6.92 Å². The molecule has 0 fully saturated rings. The Balaban J connectivity index is 2.56. The molecule has 0 heterocycles. The Bertz CT molecular complexity index is 577. The second kappa shape index (κ2) is 7.70. The van der Waals surface area contributed by atoms with Gasteiger partial charge in [0.05, 0.1) is 11.5 Å². The van der Waals surface area contributed by atoms with Crippen LogP contribution in [0.15, 0.2) is 27.6 Å². The van der Waals surface area contributed by atoms with E-state index in [1.165, 1.54) is 6.07 Å². The highest BCUT2D eigenvalue weighted by atomic mass is 79.9. The predicted molar refractivity (Wildman–Crippen MR) is 75.2 cm³/mol. The summed E-state index contributed by atoms with van der Waals surface area (Å²) in [5.74, 6) is -0.896. The van der Waals surface area contributed by atoms with Crippen LogP contribution in [0.3, 0.4) is 0 Å². The number of hydrogen-bond acceptors (Lipinski definition) is 4. The summed E-state index contributed by atoms with van der Waals surface area (Å²) in [5.41, 5.74) is 0. The van der Waals surface area contributed by atoms with Crippen molar-refractivity contribution in [3.05, 3.63) is 28.5 Å². The summed E-state index contributed by atoms with van der Waals surface area (Å²) < 4.78 is 44.0. The number of carbonyl (C=O) groups excluding carboxylic acids is 1. The SMILES string of the molecule is CCOC(=O)CCCNS(=O)(=O)c1ccc(F)cc1Br. The highest BCUT2D eigenvalue weighted by molar-refractivity contribution is 9.10. The maximum Gasteiger partial charge on any atom is 0.305 e. The van der Waals surface area contributed by atoms with E-state index < -0.39 is 15.8 Å². The van der Waals surface area contributed by atoms with E-state index in [4.69, 9.17) is 4.74 Å². The van der Waals surface area contributed by atoms with Gasteiger partial charge in [0, 0.05) is 17.4 Å². The zero-order valence-electron chi connectivity index (χ0n) is 10.9. The third-order valence-corrected chi connectivity index (χ3v) is 4.78. The fraction of sp³-hybridized carbons (Fsp3) is 0.417. The Hall–Kier alpha value is -0.990. The van der Waals surface area contributed by atoms with Gasteiger partial charge in [-0.05, 0) is 47.5 Å². The first kappa shape index (κ1) is 17.1. The first-order chi connectivity index (χ1) is 9.36. The summed E-state index contributed by atoms with van der Waals surface area (Å²) in [6.07, 6.45) is 0.470. The van der Waals surface area contributed by atoms with Gasteiger partial charge in [-0.25, -0.2) is 17.5 Å². The number of sulfonamides is 1. The number of rotatable bonds is 7. The van der Waals surface area contributed by atoms with Crippen LogP contribution in [-0.2, 0) is 19.6 Å². The summed E-state index contributed by atoms with van der Waals surface area (Å²) in [7, 11) is -3.73. The number of carbonyl (C=O) groups is 1. The molecule has 0 aliphatic carbocycles. The van der Waals surface area contributed by atoms with Crippen LogP contribution in [0.2, 0.25) is 0 Å². The zero-order chi connectivity index (χ0) is 15.2. The molecule has 1 rings (SSSR count). The van der Waals surface area contributed by atoms with Gasteiger partial charge in [0.1, 0.15) is 5.82 Å². The highest BCUT2D eigenvalue weighted by Gasteiger charge is 2.17. The van der Waals surface area contributed by atoms with E-state index in [1.807, 2.05) is 0 Å². The summed E-state index contributed by atoms with van der Waals surface area (Å²) >= 11 is 3.00. The van der Waals surface area contributed by atoms with Crippen molar-refractivity contribution < 1.29 is 22.3 Å². The maximum absolute atomic E-state index is 12.9. The number of halogens is 2. The molecule has 1 aromatic carbocycles. The van der Waals surface area contributed by atoms with Gasteiger partial charge in [0.25, 0.3) is 0 Å². The van der Waals surface area contributed by atoms with E-state index in [2.05, 4.69) is 20.7 Å². The Kier molecular flexibility index (Phi) is 6.57. The number of benzene rings is 1. The van der Waals surface area contributed by atoms with Crippen LogP contribution < -0.4 is 4.72 Å². The minimum absolute atomic E-state index is 0.0463. The lowest BCUT2D eigenvalue weighted by atomic mass is 10.3. The Morgan fingerprint density at radius 2 is 2.15 bits per heavy atom. The number of hydrogen-bond donors (Lipinski definition) is 1. The van der Waals surface area contributed by atoms with Crippen LogP contribution >= 0.6 is 15.9 Å². The van der Waals surface area contributed by atoms with E-state index in [9.17, 15) is 17.6 Å². The Morgan fingerprint density at radius 3 is 2.75 bits per heavy atom. The molecule has 1 aromatic rings. The maximum atomic E-state index is 12.9. The molecule has 5 nitrogen and oxygen atoms in total. The van der Waals surface area contributed by atoms with Crippen LogP contribution in [-0.4, -0.2) is 27.5 Å². The molecule has 0 atom stereocenters. The summed E-state index contributed by atoms with van der Waals surface area (Å²) in [4.78, 5) is 11.0. The molecule has 20 heavy (non-hydrogen) atoms. The highest BCUT2D eigenvalue weighted by Crippen LogP contribution is 2.22. The van der Waals surface area contributed by atoms with Gasteiger partial charge in [-0.1, -0.05) is 0 Å². The van der Waals surface area contributed by atoms with Gasteiger partial charge in [0.15, 0.2) is 0 Å². The molecule has 112 valence electrons. The van der Waals surface area contributed by atoms with Crippen molar-refractivity contribution in [2.24, 2.45) is 0 Å². The molecule has 0 saturated heterocycles. The van der Waals surface area contributed by atoms with Crippen LogP contribution in [0.1, 0.15) is 19.8 Å². The molecule has 0 aliphatic rings. The van der Waals surface area contributed by atoms with E-state index in [-0.39, 0.29) is 28.3 Å². The normalized spacial score (nSPS) is 11.3. The van der Waals surface area contributed by atoms with Crippen LogP contribution in [0.5, 0.6) is 0 Å². The van der Waals surface area contributed by atoms with Crippen molar-refractivity contribution in [2.45, 2.75) is 24.7 Å². The Morgan fingerprint density at radius 1 is 1.45 bits per heavy atom. The quantitative estimate of drug-likeness (QED) is 0.592. The molecular weight excluding hydrogens is 353 g/mol. The lowest BCUT2D eigenvalue weighted by Crippen LogP contribution is -2.25. The van der Waals surface area contributed by atoms with E-state index in [0.717, 1.165) is 12.1 Å². The first-order valence-corrected chi connectivity index (χ1v) is 8.24. The number of nitrogens with one attached hydrogen (secondary N) is 1. The molecule has 0 aromatic heterocycles. The van der Waals surface area contributed by atoms with Crippen molar-refractivity contribution in [1.29, 1.82) is 0 Å². The smallest absolute Gasteiger partial charge is 0.305 e. The van der Waals surface area contributed by atoms with Crippen molar-refractivity contribution in [3.8, 4) is 0 Å². The van der Waals surface area contributed by atoms with Crippen molar-refractivity contribution in [3.63, 3.8) is 0 Å². The lowest BCUT2D eigenvalue weighted by molar-refractivity contribution is -0.143. The standard InChI is InChI=1S/C12H15BrFNO4S/c1-2-19-12(16)4-3-7-15-20(17,18)11-6-5-9(14)8-10(11)13/h5-6,8,15H,2-4,7H2,1H3. The summed E-state index contributed by atoms with van der Waals surface area (Å²) in [6, 6.07) is 3.32. The van der Waals surface area contributed by atoms with E-state index in [0.29, 0.717) is 13.0 Å². The molecule has 0 aliphatic heterocycles. The van der Waals surface area contributed by atoms with Crippen molar-refractivity contribution in [1.82, 2.24) is 4.72 Å². The molecule has 0 spiro atoms. The fourth-order valence-electron chi connectivity index (χ4n) is 1.44. The molecular formula is C12H15BrFNO4S. The number of ether oxygens (including phenoxy) is 1. The molecule has 0 saturated carbocycles. The largest absolute Gasteiger partial charge is 0.466 e. The van der Waals surface area contributed by atoms with Gasteiger partial charge >= 0.3 is 5.97 Å². The fourth-order valence-corrected chi connectivity index (χ4v) is 3.56. The van der Waals surface area contributed by atoms with Gasteiger partial charge in [-0.15, -0.1) is 0 Å². The number of esters is 1. The molecule has 1 N–H and O–H groups in total. The van der Waals surface area contributed by atoms with Gasteiger partial charge < -0.3 is 4.74 Å². The van der Waals surface area contributed by atoms with E-state index >= 15 is 0 Å². The molecule has 0 bridgehead atoms. The van der Waals surface area contributed by atoms with Gasteiger partial charge in [-0.3, -0.25) is 4.79 Å². The topological polar surface area (TPSA) is 72.5 Å². The third kappa shape index (κ3) is 5.18. The third-order valence-electron chi connectivity index (χ3n) is 2.34. The monoisotopic (exact) mass is 367 g/mol. The average Bonchev–Trinajstić information content (AvgIpc) is 2.34. The lowest BCUT2D eigenvalue weighted by Gasteiger charge is -2.08. The Labute approximate surface area is 125 Å². The van der Waals surface area contributed by atoms with Crippen LogP contribution in [0, 0.1) is 5.82 Å². The summed E-state index contributed by atoms with van der Waals surface area (Å²) in [6.45, 7) is 2.10. The second-order valence-electron chi connectivity index (χ2n) is 3.88. The first-order valence-electron chi connectivity index (χ1n) is 5.97. The van der Waals surface area contributed by atoms with Crippen LogP contribution in [0.25, 0.3) is 0 Å². The average molecular weight is 368 g/mol. The van der Waals surface area contributed by atoms with Crippen molar-refractivity contribution in [2.75, 3.05) is 13.2 Å². The molecule has 8 heteroatoms. The van der Waals surface area contributed by atoms with Crippen LogP contribution in [0.4, 0.5) is 4.39 Å².